The van der Waals surface area contributed by atoms with E-state index in [0.717, 1.165) is 12.4 Å². The lowest BCUT2D eigenvalue weighted by Gasteiger charge is -1.97. The van der Waals surface area contributed by atoms with Crippen LogP contribution in [0.2, 0.25) is 0 Å². The zero-order chi connectivity index (χ0) is 10.7. The first kappa shape index (κ1) is 9.45. The van der Waals surface area contributed by atoms with E-state index in [0.29, 0.717) is 11.4 Å². The number of aromatic nitrogens is 4. The second kappa shape index (κ2) is 3.95. The van der Waals surface area contributed by atoms with Crippen LogP contribution in [0, 0.1) is 5.82 Å². The third kappa shape index (κ3) is 2.22. The maximum absolute atomic E-state index is 12.5. The van der Waals surface area contributed by atoms with Crippen molar-refractivity contribution in [2.75, 3.05) is 0 Å². The Bertz CT molecular complexity index is 508. The standard InChI is InChI=1S/C9H7FN4O/c10-7-4-11-8(12-5-7)3-6-1-2-13-14-9(6)15/h1-2,4-5H,3H2,(H,14,15). The molecule has 5 nitrogen and oxygen atoms in total. The average Bonchev–Trinajstić information content (AvgIpc) is 2.25. The molecule has 0 saturated carbocycles. The highest BCUT2D eigenvalue weighted by molar-refractivity contribution is 5.12. The van der Waals surface area contributed by atoms with Crippen molar-refractivity contribution in [3.05, 3.63) is 52.2 Å². The van der Waals surface area contributed by atoms with Gasteiger partial charge in [-0.15, -0.1) is 0 Å². The highest BCUT2D eigenvalue weighted by atomic mass is 19.1. The second-order valence-electron chi connectivity index (χ2n) is 2.91. The third-order valence-corrected chi connectivity index (χ3v) is 1.83. The van der Waals surface area contributed by atoms with Crippen molar-refractivity contribution in [3.8, 4) is 0 Å². The molecular formula is C9H7FN4O. The van der Waals surface area contributed by atoms with E-state index >= 15 is 0 Å². The number of aromatic amines is 1. The predicted molar refractivity (Wildman–Crippen MR) is 49.7 cm³/mol. The van der Waals surface area contributed by atoms with E-state index in [1.807, 2.05) is 0 Å². The lowest BCUT2D eigenvalue weighted by Crippen LogP contribution is -2.14. The maximum atomic E-state index is 12.5. The van der Waals surface area contributed by atoms with Crippen molar-refractivity contribution in [2.45, 2.75) is 6.42 Å². The molecule has 0 aliphatic heterocycles. The van der Waals surface area contributed by atoms with Crippen LogP contribution in [-0.4, -0.2) is 20.2 Å². The van der Waals surface area contributed by atoms with E-state index in [2.05, 4.69) is 20.2 Å². The molecule has 0 bridgehead atoms. The molecule has 2 rings (SSSR count). The number of nitrogens with zero attached hydrogens (tertiary/aromatic N) is 3. The van der Waals surface area contributed by atoms with Crippen LogP contribution in [0.25, 0.3) is 0 Å². The Balaban J connectivity index is 2.26. The van der Waals surface area contributed by atoms with Gasteiger partial charge in [-0.1, -0.05) is 0 Å². The van der Waals surface area contributed by atoms with Crippen molar-refractivity contribution < 1.29 is 4.39 Å². The van der Waals surface area contributed by atoms with E-state index in [1.54, 1.807) is 6.07 Å². The summed E-state index contributed by atoms with van der Waals surface area (Å²) in [5, 5.41) is 5.86. The Morgan fingerprint density at radius 2 is 2.07 bits per heavy atom. The number of hydrogen-bond acceptors (Lipinski definition) is 4. The van der Waals surface area contributed by atoms with Crippen molar-refractivity contribution in [1.29, 1.82) is 0 Å². The number of nitrogens with one attached hydrogen (secondary N) is 1. The summed E-state index contributed by atoms with van der Waals surface area (Å²) >= 11 is 0. The van der Waals surface area contributed by atoms with E-state index in [4.69, 9.17) is 0 Å². The molecule has 0 fully saturated rings. The van der Waals surface area contributed by atoms with Crippen LogP contribution >= 0.6 is 0 Å². The lowest BCUT2D eigenvalue weighted by molar-refractivity contribution is 0.609. The second-order valence-corrected chi connectivity index (χ2v) is 2.91. The Kier molecular flexibility index (Phi) is 2.49. The Morgan fingerprint density at radius 3 is 2.73 bits per heavy atom. The first-order valence-corrected chi connectivity index (χ1v) is 4.24. The molecule has 0 aliphatic rings. The molecule has 15 heavy (non-hydrogen) atoms. The smallest absolute Gasteiger partial charge is 0.267 e. The molecule has 2 aromatic rings. The Morgan fingerprint density at radius 1 is 1.33 bits per heavy atom. The summed E-state index contributed by atoms with van der Waals surface area (Å²) in [7, 11) is 0. The van der Waals surface area contributed by atoms with E-state index in [9.17, 15) is 9.18 Å². The van der Waals surface area contributed by atoms with Crippen molar-refractivity contribution in [3.63, 3.8) is 0 Å². The van der Waals surface area contributed by atoms with Gasteiger partial charge >= 0.3 is 0 Å². The van der Waals surface area contributed by atoms with Crippen LogP contribution in [0.1, 0.15) is 11.4 Å². The largest absolute Gasteiger partial charge is 0.268 e. The van der Waals surface area contributed by atoms with Gasteiger partial charge in [-0.3, -0.25) is 4.79 Å². The van der Waals surface area contributed by atoms with Gasteiger partial charge in [0.15, 0.2) is 5.82 Å². The van der Waals surface area contributed by atoms with Gasteiger partial charge in [0.2, 0.25) is 0 Å². The minimum Gasteiger partial charge on any atom is -0.268 e. The summed E-state index contributed by atoms with van der Waals surface area (Å²) in [4.78, 5) is 18.8. The zero-order valence-electron chi connectivity index (χ0n) is 7.64. The number of rotatable bonds is 2. The minimum atomic E-state index is -0.498. The first-order chi connectivity index (χ1) is 7.25. The molecular weight excluding hydrogens is 199 g/mol. The fourth-order valence-corrected chi connectivity index (χ4v) is 1.11. The van der Waals surface area contributed by atoms with Gasteiger partial charge in [-0.2, -0.15) is 5.10 Å². The number of hydrogen-bond donors (Lipinski definition) is 1. The van der Waals surface area contributed by atoms with Crippen LogP contribution in [-0.2, 0) is 6.42 Å². The number of H-pyrrole nitrogens is 1. The van der Waals surface area contributed by atoms with Gasteiger partial charge in [0.25, 0.3) is 5.56 Å². The first-order valence-electron chi connectivity index (χ1n) is 4.24. The fraction of sp³-hybridized carbons (Fsp3) is 0.111. The maximum Gasteiger partial charge on any atom is 0.267 e. The van der Waals surface area contributed by atoms with E-state index < -0.39 is 5.82 Å². The van der Waals surface area contributed by atoms with Gasteiger partial charge in [-0.05, 0) is 6.07 Å². The van der Waals surface area contributed by atoms with Gasteiger partial charge < -0.3 is 0 Å². The molecule has 0 radical (unpaired) electrons. The van der Waals surface area contributed by atoms with E-state index in [-0.39, 0.29) is 12.0 Å². The Labute approximate surface area is 84.0 Å². The summed E-state index contributed by atoms with van der Waals surface area (Å²) in [5.74, 6) is -0.101. The van der Waals surface area contributed by atoms with Crippen molar-refractivity contribution >= 4 is 0 Å². The van der Waals surface area contributed by atoms with Crippen LogP contribution in [0.15, 0.2) is 29.5 Å². The molecule has 0 unspecified atom stereocenters. The van der Waals surface area contributed by atoms with Crippen molar-refractivity contribution in [1.82, 2.24) is 20.2 Å². The summed E-state index contributed by atoms with van der Waals surface area (Å²) < 4.78 is 12.5. The molecule has 0 atom stereocenters. The molecule has 0 amide bonds. The van der Waals surface area contributed by atoms with Crippen LogP contribution in [0.3, 0.4) is 0 Å². The molecule has 0 aromatic carbocycles. The van der Waals surface area contributed by atoms with Crippen molar-refractivity contribution in [2.24, 2.45) is 0 Å². The molecule has 2 aromatic heterocycles. The van der Waals surface area contributed by atoms with Crippen LogP contribution < -0.4 is 5.56 Å². The molecule has 76 valence electrons. The highest BCUT2D eigenvalue weighted by Gasteiger charge is 2.03. The summed E-state index contributed by atoms with van der Waals surface area (Å²) in [6, 6.07) is 1.57. The summed E-state index contributed by atoms with van der Waals surface area (Å²) in [5.41, 5.74) is 0.210. The fourth-order valence-electron chi connectivity index (χ4n) is 1.11. The highest BCUT2D eigenvalue weighted by Crippen LogP contribution is 1.99. The number of halogens is 1. The van der Waals surface area contributed by atoms with Crippen LogP contribution in [0.4, 0.5) is 4.39 Å². The summed E-state index contributed by atoms with van der Waals surface area (Å²) in [6.07, 6.45) is 3.87. The molecule has 6 heteroatoms. The SMILES string of the molecule is O=c1[nH]nccc1Cc1ncc(F)cn1. The van der Waals surface area contributed by atoms with Gasteiger partial charge in [0.1, 0.15) is 5.82 Å². The molecule has 0 aliphatic carbocycles. The molecule has 0 saturated heterocycles. The quantitative estimate of drug-likeness (QED) is 0.766. The monoisotopic (exact) mass is 206 g/mol. The predicted octanol–water partition coefficient (Wildman–Crippen LogP) is 0.290. The topological polar surface area (TPSA) is 71.5 Å². The van der Waals surface area contributed by atoms with E-state index in [1.165, 1.54) is 6.20 Å². The molecule has 0 spiro atoms. The summed E-state index contributed by atoms with van der Waals surface area (Å²) in [6.45, 7) is 0. The lowest BCUT2D eigenvalue weighted by atomic mass is 10.2. The van der Waals surface area contributed by atoms with Gasteiger partial charge in [-0.25, -0.2) is 19.5 Å². The molecule has 1 N–H and O–H groups in total. The zero-order valence-corrected chi connectivity index (χ0v) is 7.64. The van der Waals surface area contributed by atoms with Crippen LogP contribution in [0.5, 0.6) is 0 Å². The van der Waals surface area contributed by atoms with Gasteiger partial charge in [0, 0.05) is 18.2 Å². The average molecular weight is 206 g/mol. The van der Waals surface area contributed by atoms with Gasteiger partial charge in [0.05, 0.1) is 12.4 Å². The minimum absolute atomic E-state index is 0.262. The Hall–Kier alpha value is -2.11. The normalized spacial score (nSPS) is 10.2. The molecule has 2 heterocycles. The third-order valence-electron chi connectivity index (χ3n) is 1.83.